The van der Waals surface area contributed by atoms with E-state index in [0.717, 1.165) is 11.6 Å². The van der Waals surface area contributed by atoms with Crippen molar-refractivity contribution in [2.45, 2.75) is 36.7 Å². The van der Waals surface area contributed by atoms with Gasteiger partial charge in [-0.1, -0.05) is 18.7 Å². The maximum atomic E-state index is 4.18. The van der Waals surface area contributed by atoms with Crippen molar-refractivity contribution in [1.82, 2.24) is 15.3 Å². The second kappa shape index (κ2) is 5.98. The molecule has 0 aliphatic carbocycles. The van der Waals surface area contributed by atoms with Crippen LogP contribution in [0.1, 0.15) is 20.3 Å². The van der Waals surface area contributed by atoms with Crippen LogP contribution in [0.2, 0.25) is 0 Å². The molecule has 0 fully saturated rings. The summed E-state index contributed by atoms with van der Waals surface area (Å²) in [6.45, 7) is 4.39. The summed E-state index contributed by atoms with van der Waals surface area (Å²) < 4.78 is 0. The Morgan fingerprint density at radius 2 is 2.00 bits per heavy atom. The van der Waals surface area contributed by atoms with E-state index in [0.29, 0.717) is 11.3 Å². The summed E-state index contributed by atoms with van der Waals surface area (Å²) in [5.41, 5.74) is 0. The van der Waals surface area contributed by atoms with Crippen molar-refractivity contribution in [3.05, 3.63) is 18.5 Å². The molecule has 1 aromatic rings. The number of rotatable bonds is 5. The zero-order valence-electron chi connectivity index (χ0n) is 8.90. The summed E-state index contributed by atoms with van der Waals surface area (Å²) in [5, 5.41) is 4.63. The predicted molar refractivity (Wildman–Crippen MR) is 60.5 cm³/mol. The first-order valence-corrected chi connectivity index (χ1v) is 5.71. The fraction of sp³-hybridized carbons (Fsp3) is 0.600. The van der Waals surface area contributed by atoms with E-state index >= 15 is 0 Å². The van der Waals surface area contributed by atoms with Gasteiger partial charge in [0.2, 0.25) is 0 Å². The number of nitrogens with one attached hydrogen (secondary N) is 1. The van der Waals surface area contributed by atoms with E-state index in [4.69, 9.17) is 0 Å². The summed E-state index contributed by atoms with van der Waals surface area (Å²) in [6.07, 6.45) is 4.69. The molecular weight excluding hydrogens is 194 g/mol. The molecule has 0 saturated carbocycles. The Morgan fingerprint density at radius 1 is 1.36 bits per heavy atom. The average Bonchev–Trinajstić information content (AvgIpc) is 2.19. The molecule has 0 aliphatic heterocycles. The molecule has 14 heavy (non-hydrogen) atoms. The van der Waals surface area contributed by atoms with Crippen LogP contribution in [0.3, 0.4) is 0 Å². The van der Waals surface area contributed by atoms with E-state index in [-0.39, 0.29) is 0 Å². The molecule has 0 saturated heterocycles. The first-order chi connectivity index (χ1) is 6.72. The predicted octanol–water partition coefficient (Wildman–Crippen LogP) is 1.96. The minimum absolute atomic E-state index is 0.542. The molecule has 1 rings (SSSR count). The van der Waals surface area contributed by atoms with Crippen LogP contribution in [0.15, 0.2) is 23.6 Å². The SMILES string of the molecule is CNC(C)CC(C)Sc1ncccn1. The van der Waals surface area contributed by atoms with Crippen molar-refractivity contribution >= 4 is 11.8 Å². The normalized spacial score (nSPS) is 15.1. The quantitative estimate of drug-likeness (QED) is 0.597. The van der Waals surface area contributed by atoms with Gasteiger partial charge in [0.25, 0.3) is 0 Å². The van der Waals surface area contributed by atoms with Gasteiger partial charge >= 0.3 is 0 Å². The monoisotopic (exact) mass is 211 g/mol. The molecule has 3 nitrogen and oxygen atoms in total. The Labute approximate surface area is 89.7 Å². The van der Waals surface area contributed by atoms with Gasteiger partial charge in [0.1, 0.15) is 0 Å². The molecule has 4 heteroatoms. The van der Waals surface area contributed by atoms with Gasteiger partial charge in [-0.2, -0.15) is 0 Å². The molecule has 78 valence electrons. The fourth-order valence-corrected chi connectivity index (χ4v) is 2.18. The summed E-state index contributed by atoms with van der Waals surface area (Å²) in [7, 11) is 1.99. The van der Waals surface area contributed by atoms with E-state index in [1.807, 2.05) is 13.1 Å². The Kier molecular flexibility index (Phi) is 4.90. The molecule has 1 aromatic heterocycles. The van der Waals surface area contributed by atoms with E-state index in [1.165, 1.54) is 0 Å². The van der Waals surface area contributed by atoms with E-state index in [1.54, 1.807) is 24.2 Å². The molecule has 0 bridgehead atoms. The van der Waals surface area contributed by atoms with Crippen molar-refractivity contribution in [3.8, 4) is 0 Å². The largest absolute Gasteiger partial charge is 0.317 e. The summed E-state index contributed by atoms with van der Waals surface area (Å²) >= 11 is 1.73. The van der Waals surface area contributed by atoms with Gasteiger partial charge < -0.3 is 5.32 Å². The molecule has 0 amide bonds. The van der Waals surface area contributed by atoms with Crippen LogP contribution in [0.25, 0.3) is 0 Å². The third kappa shape index (κ3) is 4.07. The minimum Gasteiger partial charge on any atom is -0.317 e. The number of hydrogen-bond donors (Lipinski definition) is 1. The number of nitrogens with zero attached hydrogens (tertiary/aromatic N) is 2. The molecular formula is C10H17N3S. The standard InChI is InChI=1S/C10H17N3S/c1-8(11-3)7-9(2)14-10-12-5-4-6-13-10/h4-6,8-9,11H,7H2,1-3H3. The summed E-state index contributed by atoms with van der Waals surface area (Å²) in [5.74, 6) is 0. The lowest BCUT2D eigenvalue weighted by Gasteiger charge is -2.15. The number of hydrogen-bond acceptors (Lipinski definition) is 4. The van der Waals surface area contributed by atoms with Crippen LogP contribution in [0, 0.1) is 0 Å². The number of thioether (sulfide) groups is 1. The Hall–Kier alpha value is -0.610. The van der Waals surface area contributed by atoms with E-state index in [9.17, 15) is 0 Å². The zero-order chi connectivity index (χ0) is 10.4. The maximum Gasteiger partial charge on any atom is 0.187 e. The molecule has 0 aromatic carbocycles. The van der Waals surface area contributed by atoms with Crippen LogP contribution in [-0.4, -0.2) is 28.3 Å². The van der Waals surface area contributed by atoms with Crippen molar-refractivity contribution in [2.75, 3.05) is 7.05 Å². The van der Waals surface area contributed by atoms with Gasteiger partial charge in [-0.3, -0.25) is 0 Å². The van der Waals surface area contributed by atoms with Gasteiger partial charge in [0, 0.05) is 23.7 Å². The van der Waals surface area contributed by atoms with Crippen molar-refractivity contribution in [2.24, 2.45) is 0 Å². The number of aromatic nitrogens is 2. The molecule has 1 heterocycles. The first-order valence-electron chi connectivity index (χ1n) is 4.83. The Morgan fingerprint density at radius 3 is 2.57 bits per heavy atom. The third-order valence-electron chi connectivity index (χ3n) is 2.03. The van der Waals surface area contributed by atoms with Gasteiger partial charge in [-0.05, 0) is 26.5 Å². The summed E-state index contributed by atoms with van der Waals surface area (Å²) in [4.78, 5) is 8.37. The molecule has 2 atom stereocenters. The third-order valence-corrected chi connectivity index (χ3v) is 3.04. The smallest absolute Gasteiger partial charge is 0.187 e. The van der Waals surface area contributed by atoms with Gasteiger partial charge in [-0.15, -0.1) is 0 Å². The average molecular weight is 211 g/mol. The highest BCUT2D eigenvalue weighted by molar-refractivity contribution is 7.99. The maximum absolute atomic E-state index is 4.18. The second-order valence-electron chi connectivity index (χ2n) is 3.39. The van der Waals surface area contributed by atoms with Crippen molar-refractivity contribution in [3.63, 3.8) is 0 Å². The van der Waals surface area contributed by atoms with Gasteiger partial charge in [-0.25, -0.2) is 9.97 Å². The first kappa shape index (κ1) is 11.5. The molecule has 0 radical (unpaired) electrons. The fourth-order valence-electron chi connectivity index (χ4n) is 1.19. The lowest BCUT2D eigenvalue weighted by atomic mass is 10.2. The molecule has 2 unspecified atom stereocenters. The topological polar surface area (TPSA) is 37.8 Å². The van der Waals surface area contributed by atoms with Crippen LogP contribution in [0.4, 0.5) is 0 Å². The minimum atomic E-state index is 0.542. The molecule has 0 spiro atoms. The van der Waals surface area contributed by atoms with Gasteiger partial charge in [0.05, 0.1) is 0 Å². The Bertz CT molecular complexity index is 253. The summed E-state index contributed by atoms with van der Waals surface area (Å²) in [6, 6.07) is 2.38. The molecule has 1 N–H and O–H groups in total. The Balaban J connectivity index is 2.37. The van der Waals surface area contributed by atoms with Crippen LogP contribution >= 0.6 is 11.8 Å². The van der Waals surface area contributed by atoms with Gasteiger partial charge in [0.15, 0.2) is 5.16 Å². The van der Waals surface area contributed by atoms with E-state index < -0.39 is 0 Å². The molecule has 0 aliphatic rings. The highest BCUT2D eigenvalue weighted by atomic mass is 32.2. The lowest BCUT2D eigenvalue weighted by molar-refractivity contribution is 0.563. The lowest BCUT2D eigenvalue weighted by Crippen LogP contribution is -2.24. The van der Waals surface area contributed by atoms with Crippen molar-refractivity contribution < 1.29 is 0 Å². The second-order valence-corrected chi connectivity index (χ2v) is 4.79. The van der Waals surface area contributed by atoms with Crippen LogP contribution in [0.5, 0.6) is 0 Å². The van der Waals surface area contributed by atoms with Crippen molar-refractivity contribution in [1.29, 1.82) is 0 Å². The highest BCUT2D eigenvalue weighted by Crippen LogP contribution is 2.21. The van der Waals surface area contributed by atoms with E-state index in [2.05, 4.69) is 29.1 Å². The van der Waals surface area contributed by atoms with Crippen LogP contribution in [-0.2, 0) is 0 Å². The zero-order valence-corrected chi connectivity index (χ0v) is 9.71. The van der Waals surface area contributed by atoms with Crippen LogP contribution < -0.4 is 5.32 Å². The highest BCUT2D eigenvalue weighted by Gasteiger charge is 2.09.